The average Bonchev–Trinajstić information content (AvgIpc) is 2.71. The second kappa shape index (κ2) is 9.24. The van der Waals surface area contributed by atoms with Crippen molar-refractivity contribution in [2.45, 2.75) is 11.6 Å². The van der Waals surface area contributed by atoms with Gasteiger partial charge < -0.3 is 20.1 Å². The van der Waals surface area contributed by atoms with E-state index in [1.807, 2.05) is 0 Å². The van der Waals surface area contributed by atoms with Crippen LogP contribution in [0.4, 0.5) is 10.1 Å². The monoisotopic (exact) mass is 415 g/mol. The highest BCUT2D eigenvalue weighted by atomic mass is 32.2. The molecule has 0 spiro atoms. The number of benzene rings is 2. The molecule has 0 aliphatic rings. The number of carbonyl (C=O) groups excluding carboxylic acids is 1. The standard InChI is InChI=1S/C20H18FN3O4S/c1-28-13-8-6-12(7-9-13)10-14-18(26)23-20(24-19(14)27)29-11-17(25)22-16-5-3-2-4-15(16)21/h2-9H,10-11H2,1H3,(H,22,25)(H2,23,24,26,27). The van der Waals surface area contributed by atoms with Crippen molar-refractivity contribution in [3.8, 4) is 11.6 Å². The fourth-order valence-electron chi connectivity index (χ4n) is 2.52. The van der Waals surface area contributed by atoms with Crippen LogP contribution in [0.5, 0.6) is 11.6 Å². The van der Waals surface area contributed by atoms with Gasteiger partial charge in [-0.1, -0.05) is 36.0 Å². The van der Waals surface area contributed by atoms with Crippen LogP contribution in [0.2, 0.25) is 0 Å². The summed E-state index contributed by atoms with van der Waals surface area (Å²) >= 11 is 0.924. The van der Waals surface area contributed by atoms with Gasteiger partial charge in [-0.2, -0.15) is 4.98 Å². The molecule has 29 heavy (non-hydrogen) atoms. The first kappa shape index (κ1) is 20.4. The first-order valence-electron chi connectivity index (χ1n) is 8.58. The van der Waals surface area contributed by atoms with Gasteiger partial charge in [0.15, 0.2) is 5.16 Å². The molecule has 3 N–H and O–H groups in total. The fraction of sp³-hybridized carbons (Fsp3) is 0.150. The Labute approximate surface area is 170 Å². The van der Waals surface area contributed by atoms with Crippen LogP contribution in [0.1, 0.15) is 11.1 Å². The summed E-state index contributed by atoms with van der Waals surface area (Å²) in [5.41, 5.74) is 0.496. The number of hydrogen-bond donors (Lipinski definition) is 3. The van der Waals surface area contributed by atoms with Crippen LogP contribution in [0.25, 0.3) is 0 Å². The van der Waals surface area contributed by atoms with Crippen LogP contribution in [0, 0.1) is 5.82 Å². The minimum Gasteiger partial charge on any atom is -0.497 e. The topological polar surface area (TPSA) is 104 Å². The third-order valence-electron chi connectivity index (χ3n) is 4.00. The summed E-state index contributed by atoms with van der Waals surface area (Å²) in [7, 11) is 1.56. The molecule has 0 atom stereocenters. The number of nitrogens with zero attached hydrogens (tertiary/aromatic N) is 1. The lowest BCUT2D eigenvalue weighted by molar-refractivity contribution is -0.113. The van der Waals surface area contributed by atoms with Crippen LogP contribution >= 0.6 is 11.8 Å². The second-order valence-electron chi connectivity index (χ2n) is 6.01. The van der Waals surface area contributed by atoms with E-state index >= 15 is 0 Å². The van der Waals surface area contributed by atoms with Crippen LogP contribution in [0.3, 0.4) is 0 Å². The predicted octanol–water partition coefficient (Wildman–Crippen LogP) is 2.94. The third kappa shape index (κ3) is 5.35. The van der Waals surface area contributed by atoms with Crippen molar-refractivity contribution in [2.75, 3.05) is 18.2 Å². The van der Waals surface area contributed by atoms with Crippen molar-refractivity contribution in [2.24, 2.45) is 0 Å². The maximum Gasteiger partial charge on any atom is 0.258 e. The Bertz CT molecular complexity index is 1070. The number of methoxy groups -OCH3 is 1. The zero-order valence-electron chi connectivity index (χ0n) is 15.4. The van der Waals surface area contributed by atoms with Gasteiger partial charge in [-0.3, -0.25) is 9.59 Å². The van der Waals surface area contributed by atoms with Gasteiger partial charge in [0.1, 0.15) is 11.6 Å². The first-order chi connectivity index (χ1) is 14.0. The molecule has 3 rings (SSSR count). The van der Waals surface area contributed by atoms with Crippen LogP contribution in [0.15, 0.2) is 58.5 Å². The van der Waals surface area contributed by atoms with Gasteiger partial charge in [-0.15, -0.1) is 0 Å². The number of H-pyrrole nitrogens is 1. The van der Waals surface area contributed by atoms with E-state index < -0.39 is 23.2 Å². The lowest BCUT2D eigenvalue weighted by Crippen LogP contribution is -2.18. The molecule has 1 amide bonds. The molecule has 1 heterocycles. The van der Waals surface area contributed by atoms with E-state index in [0.29, 0.717) is 5.75 Å². The maximum absolute atomic E-state index is 13.6. The van der Waals surface area contributed by atoms with Gasteiger partial charge >= 0.3 is 0 Å². The number of amides is 1. The van der Waals surface area contributed by atoms with E-state index in [-0.39, 0.29) is 28.6 Å². The average molecular weight is 415 g/mol. The normalized spacial score (nSPS) is 10.6. The minimum absolute atomic E-state index is 0.0669. The van der Waals surface area contributed by atoms with E-state index in [1.54, 1.807) is 37.4 Å². The molecule has 0 aliphatic heterocycles. The second-order valence-corrected chi connectivity index (χ2v) is 6.98. The molecule has 0 unspecified atom stereocenters. The van der Waals surface area contributed by atoms with E-state index in [9.17, 15) is 19.1 Å². The molecular weight excluding hydrogens is 397 g/mol. The summed E-state index contributed by atoms with van der Waals surface area (Å²) in [5, 5.41) is 12.7. The van der Waals surface area contributed by atoms with Crippen molar-refractivity contribution in [3.05, 3.63) is 75.8 Å². The van der Waals surface area contributed by atoms with Crippen molar-refractivity contribution in [3.63, 3.8) is 0 Å². The number of hydrogen-bond acceptors (Lipinski definition) is 6. The molecule has 0 saturated heterocycles. The number of ether oxygens (including phenoxy) is 1. The highest BCUT2D eigenvalue weighted by Crippen LogP contribution is 2.21. The Morgan fingerprint density at radius 2 is 1.97 bits per heavy atom. The van der Waals surface area contributed by atoms with Crippen LogP contribution in [-0.4, -0.2) is 33.8 Å². The summed E-state index contributed by atoms with van der Waals surface area (Å²) in [6.07, 6.45) is 0.191. The summed E-state index contributed by atoms with van der Waals surface area (Å²) in [6, 6.07) is 12.9. The van der Waals surface area contributed by atoms with Gasteiger partial charge in [-0.25, -0.2) is 4.39 Å². The first-order valence-corrected chi connectivity index (χ1v) is 9.57. The number of halogens is 1. The Morgan fingerprint density at radius 3 is 2.62 bits per heavy atom. The van der Waals surface area contributed by atoms with Crippen LogP contribution in [-0.2, 0) is 11.2 Å². The molecule has 2 aromatic carbocycles. The van der Waals surface area contributed by atoms with E-state index in [4.69, 9.17) is 4.74 Å². The SMILES string of the molecule is COc1ccc(Cc2c(O)nc(SCC(=O)Nc3ccccc3F)[nH]c2=O)cc1. The van der Waals surface area contributed by atoms with Crippen molar-refractivity contribution in [1.82, 2.24) is 9.97 Å². The number of carbonyl (C=O) groups is 1. The maximum atomic E-state index is 13.6. The Morgan fingerprint density at radius 1 is 1.24 bits per heavy atom. The summed E-state index contributed by atoms with van der Waals surface area (Å²) in [4.78, 5) is 30.8. The summed E-state index contributed by atoms with van der Waals surface area (Å²) in [6.45, 7) is 0. The van der Waals surface area contributed by atoms with Crippen molar-refractivity contribution in [1.29, 1.82) is 0 Å². The molecular formula is C20H18FN3O4S. The number of thioether (sulfide) groups is 1. The molecule has 0 bridgehead atoms. The summed E-state index contributed by atoms with van der Waals surface area (Å²) < 4.78 is 18.7. The van der Waals surface area contributed by atoms with E-state index in [0.717, 1.165) is 17.3 Å². The zero-order valence-corrected chi connectivity index (χ0v) is 16.3. The number of aromatic amines is 1. The predicted molar refractivity (Wildman–Crippen MR) is 108 cm³/mol. The quantitative estimate of drug-likeness (QED) is 0.405. The van der Waals surface area contributed by atoms with Gasteiger partial charge in [0.25, 0.3) is 5.56 Å². The number of anilines is 1. The lowest BCUT2D eigenvalue weighted by atomic mass is 10.1. The van der Waals surface area contributed by atoms with Gasteiger partial charge in [0.05, 0.1) is 24.1 Å². The van der Waals surface area contributed by atoms with Crippen LogP contribution < -0.4 is 15.6 Å². The molecule has 1 aromatic heterocycles. The molecule has 0 aliphatic carbocycles. The number of aromatic nitrogens is 2. The fourth-order valence-corrected chi connectivity index (χ4v) is 3.18. The van der Waals surface area contributed by atoms with Gasteiger partial charge in [0.2, 0.25) is 11.8 Å². The minimum atomic E-state index is -0.544. The molecule has 150 valence electrons. The Hall–Kier alpha value is -3.33. The lowest BCUT2D eigenvalue weighted by Gasteiger charge is -2.08. The molecule has 0 saturated carbocycles. The number of para-hydroxylation sites is 1. The van der Waals surface area contributed by atoms with Gasteiger partial charge in [0, 0.05) is 6.42 Å². The van der Waals surface area contributed by atoms with E-state index in [1.165, 1.54) is 18.2 Å². The van der Waals surface area contributed by atoms with Crippen molar-refractivity contribution < 1.29 is 19.0 Å². The summed E-state index contributed by atoms with van der Waals surface area (Å²) in [5.74, 6) is -0.844. The highest BCUT2D eigenvalue weighted by Gasteiger charge is 2.14. The zero-order chi connectivity index (χ0) is 20.8. The van der Waals surface area contributed by atoms with Crippen molar-refractivity contribution >= 4 is 23.4 Å². The smallest absolute Gasteiger partial charge is 0.258 e. The Kier molecular flexibility index (Phi) is 6.50. The molecule has 0 fully saturated rings. The number of aromatic hydroxyl groups is 1. The number of nitrogens with one attached hydrogen (secondary N) is 2. The highest BCUT2D eigenvalue weighted by molar-refractivity contribution is 7.99. The largest absolute Gasteiger partial charge is 0.497 e. The third-order valence-corrected chi connectivity index (χ3v) is 4.87. The molecule has 0 radical (unpaired) electrons. The number of rotatable bonds is 7. The molecule has 7 nitrogen and oxygen atoms in total. The van der Waals surface area contributed by atoms with E-state index in [2.05, 4.69) is 15.3 Å². The molecule has 9 heteroatoms. The van der Waals surface area contributed by atoms with Gasteiger partial charge in [-0.05, 0) is 29.8 Å². The molecule has 3 aromatic rings. The Balaban J connectivity index is 1.64.